The summed E-state index contributed by atoms with van der Waals surface area (Å²) in [5.41, 5.74) is 0.529. The number of thiazole rings is 1. The summed E-state index contributed by atoms with van der Waals surface area (Å²) in [7, 11) is 1.57. The molecular weight excluding hydrogens is 412 g/mol. The summed E-state index contributed by atoms with van der Waals surface area (Å²) in [6.45, 7) is 2.81. The maximum absolute atomic E-state index is 12.3. The molecule has 1 aromatic carbocycles. The van der Waals surface area contributed by atoms with Gasteiger partial charge < -0.3 is 19.9 Å². The lowest BCUT2D eigenvalue weighted by molar-refractivity contribution is -0.113. The molecular formula is C18H20N6O3S2. The molecule has 152 valence electrons. The van der Waals surface area contributed by atoms with E-state index in [1.165, 1.54) is 23.1 Å². The molecule has 9 nitrogen and oxygen atoms in total. The van der Waals surface area contributed by atoms with Gasteiger partial charge >= 0.3 is 0 Å². The predicted octanol–water partition coefficient (Wildman–Crippen LogP) is 2.42. The van der Waals surface area contributed by atoms with Crippen LogP contribution in [0.2, 0.25) is 0 Å². The Labute approximate surface area is 175 Å². The average molecular weight is 433 g/mol. The fraction of sp³-hybridized carbons (Fsp3) is 0.278. The largest absolute Gasteiger partial charge is 0.497 e. The highest BCUT2D eigenvalue weighted by atomic mass is 32.2. The highest BCUT2D eigenvalue weighted by Crippen LogP contribution is 2.18. The molecule has 2 heterocycles. The zero-order valence-corrected chi connectivity index (χ0v) is 17.5. The van der Waals surface area contributed by atoms with Crippen LogP contribution >= 0.6 is 23.1 Å². The number of nitrogens with one attached hydrogen (secondary N) is 2. The maximum atomic E-state index is 12.3. The molecule has 3 rings (SSSR count). The Hall–Kier alpha value is -2.92. The molecule has 2 amide bonds. The van der Waals surface area contributed by atoms with E-state index in [-0.39, 0.29) is 24.1 Å². The van der Waals surface area contributed by atoms with Crippen molar-refractivity contribution in [2.45, 2.75) is 25.2 Å². The number of thioether (sulfide) groups is 1. The topological polar surface area (TPSA) is 111 Å². The van der Waals surface area contributed by atoms with Crippen molar-refractivity contribution in [1.29, 1.82) is 0 Å². The number of carbonyl (C=O) groups is 2. The summed E-state index contributed by atoms with van der Waals surface area (Å²) >= 11 is 2.65. The highest BCUT2D eigenvalue weighted by molar-refractivity contribution is 7.99. The van der Waals surface area contributed by atoms with Crippen LogP contribution in [0.15, 0.2) is 41.0 Å². The number of methoxy groups -OCH3 is 1. The first-order chi connectivity index (χ1) is 14.1. The number of anilines is 1. The summed E-state index contributed by atoms with van der Waals surface area (Å²) in [5.74, 6) is 1.13. The van der Waals surface area contributed by atoms with Crippen molar-refractivity contribution >= 4 is 40.0 Å². The van der Waals surface area contributed by atoms with Gasteiger partial charge in [-0.1, -0.05) is 11.8 Å². The zero-order valence-electron chi connectivity index (χ0n) is 15.9. The maximum Gasteiger partial charge on any atom is 0.251 e. The standard InChI is InChI=1S/C18H20N6O3S2/c1-3-24-14(10-20-16(26)12-4-6-13(27-2)7-5-12)22-23-18(24)29-11-15(25)21-17-19-8-9-28-17/h4-9H,3,10-11H2,1-2H3,(H,20,26)(H,19,21,25). The predicted molar refractivity (Wildman–Crippen MR) is 111 cm³/mol. The van der Waals surface area contributed by atoms with Crippen molar-refractivity contribution in [3.05, 3.63) is 47.2 Å². The van der Waals surface area contributed by atoms with Crippen LogP contribution < -0.4 is 15.4 Å². The van der Waals surface area contributed by atoms with Crippen molar-refractivity contribution < 1.29 is 14.3 Å². The molecule has 0 aliphatic carbocycles. The van der Waals surface area contributed by atoms with Gasteiger partial charge in [0.15, 0.2) is 16.1 Å². The molecule has 0 aliphatic rings. The fourth-order valence-corrected chi connectivity index (χ4v) is 3.81. The molecule has 11 heteroatoms. The third-order valence-electron chi connectivity index (χ3n) is 3.88. The molecule has 0 aliphatic heterocycles. The molecule has 0 radical (unpaired) electrons. The molecule has 0 spiro atoms. The van der Waals surface area contributed by atoms with Crippen molar-refractivity contribution in [2.75, 3.05) is 18.2 Å². The van der Waals surface area contributed by atoms with Crippen LogP contribution in [0.4, 0.5) is 5.13 Å². The Morgan fingerprint density at radius 3 is 2.69 bits per heavy atom. The van der Waals surface area contributed by atoms with E-state index in [4.69, 9.17) is 4.74 Å². The van der Waals surface area contributed by atoms with Gasteiger partial charge in [0, 0.05) is 23.7 Å². The van der Waals surface area contributed by atoms with Gasteiger partial charge in [-0.3, -0.25) is 9.59 Å². The van der Waals surface area contributed by atoms with Crippen LogP contribution in [0.1, 0.15) is 23.1 Å². The van der Waals surface area contributed by atoms with Crippen LogP contribution in [0.3, 0.4) is 0 Å². The molecule has 0 saturated heterocycles. The Balaban J connectivity index is 1.55. The van der Waals surface area contributed by atoms with Gasteiger partial charge in [0.05, 0.1) is 19.4 Å². The summed E-state index contributed by atoms with van der Waals surface area (Å²) in [4.78, 5) is 28.4. The first-order valence-electron chi connectivity index (χ1n) is 8.77. The molecule has 0 bridgehead atoms. The lowest BCUT2D eigenvalue weighted by Gasteiger charge is -2.09. The molecule has 0 atom stereocenters. The molecule has 2 aromatic heterocycles. The average Bonchev–Trinajstić information content (AvgIpc) is 3.39. The third kappa shape index (κ3) is 5.55. The second-order valence-electron chi connectivity index (χ2n) is 5.73. The van der Waals surface area contributed by atoms with Crippen molar-refractivity contribution in [2.24, 2.45) is 0 Å². The Morgan fingerprint density at radius 2 is 2.03 bits per heavy atom. The van der Waals surface area contributed by atoms with Gasteiger partial charge in [0.1, 0.15) is 5.75 Å². The number of hydrogen-bond acceptors (Lipinski definition) is 8. The van der Waals surface area contributed by atoms with E-state index in [1.807, 2.05) is 11.5 Å². The van der Waals surface area contributed by atoms with Gasteiger partial charge in [0.25, 0.3) is 5.91 Å². The quantitative estimate of drug-likeness (QED) is 0.500. The number of benzene rings is 1. The SMILES string of the molecule is CCn1c(CNC(=O)c2ccc(OC)cc2)nnc1SCC(=O)Nc1nccs1. The van der Waals surface area contributed by atoms with Crippen molar-refractivity contribution in [3.8, 4) is 5.75 Å². The summed E-state index contributed by atoms with van der Waals surface area (Å²) < 4.78 is 6.96. The Morgan fingerprint density at radius 1 is 1.24 bits per heavy atom. The van der Waals surface area contributed by atoms with Crippen molar-refractivity contribution in [1.82, 2.24) is 25.1 Å². The summed E-state index contributed by atoms with van der Waals surface area (Å²) in [6.07, 6.45) is 1.63. The molecule has 2 N–H and O–H groups in total. The van der Waals surface area contributed by atoms with Crippen LogP contribution in [0.5, 0.6) is 5.75 Å². The highest BCUT2D eigenvalue weighted by Gasteiger charge is 2.15. The first-order valence-corrected chi connectivity index (χ1v) is 10.6. The number of hydrogen-bond donors (Lipinski definition) is 2. The smallest absolute Gasteiger partial charge is 0.251 e. The minimum Gasteiger partial charge on any atom is -0.497 e. The normalized spacial score (nSPS) is 10.6. The molecule has 0 fully saturated rings. The van der Waals surface area contributed by atoms with E-state index in [2.05, 4.69) is 25.8 Å². The summed E-state index contributed by atoms with van der Waals surface area (Å²) in [6, 6.07) is 6.85. The van der Waals surface area contributed by atoms with Gasteiger partial charge in [-0.25, -0.2) is 4.98 Å². The van der Waals surface area contributed by atoms with E-state index in [0.29, 0.717) is 34.0 Å². The van der Waals surface area contributed by atoms with Crippen molar-refractivity contribution in [3.63, 3.8) is 0 Å². The Bertz CT molecular complexity index is 957. The van der Waals surface area contributed by atoms with Crippen LogP contribution in [0, 0.1) is 0 Å². The molecule has 0 unspecified atom stereocenters. The van der Waals surface area contributed by atoms with Crippen LogP contribution in [-0.2, 0) is 17.9 Å². The van der Waals surface area contributed by atoms with E-state index in [9.17, 15) is 9.59 Å². The number of carbonyl (C=O) groups excluding carboxylic acids is 2. The number of amides is 2. The van der Waals surface area contributed by atoms with E-state index in [0.717, 1.165) is 0 Å². The fourth-order valence-electron chi connectivity index (χ4n) is 2.45. The minimum atomic E-state index is -0.213. The first kappa shape index (κ1) is 20.8. The van der Waals surface area contributed by atoms with E-state index >= 15 is 0 Å². The van der Waals surface area contributed by atoms with E-state index < -0.39 is 0 Å². The Kier molecular flexibility index (Phi) is 7.19. The minimum absolute atomic E-state index is 0.162. The lowest BCUT2D eigenvalue weighted by Crippen LogP contribution is -2.24. The molecule has 0 saturated carbocycles. The second kappa shape index (κ2) is 10.0. The molecule has 29 heavy (non-hydrogen) atoms. The number of rotatable bonds is 9. The number of aromatic nitrogens is 4. The monoisotopic (exact) mass is 432 g/mol. The number of ether oxygens (including phenoxy) is 1. The van der Waals surface area contributed by atoms with Crippen LogP contribution in [-0.4, -0.2) is 44.4 Å². The lowest BCUT2D eigenvalue weighted by atomic mass is 10.2. The summed E-state index contributed by atoms with van der Waals surface area (Å²) in [5, 5.41) is 16.8. The third-order valence-corrected chi connectivity index (χ3v) is 5.54. The van der Waals surface area contributed by atoms with Gasteiger partial charge in [-0.15, -0.1) is 21.5 Å². The zero-order chi connectivity index (χ0) is 20.6. The molecule has 3 aromatic rings. The van der Waals surface area contributed by atoms with E-state index in [1.54, 1.807) is 43.0 Å². The number of nitrogens with zero attached hydrogens (tertiary/aromatic N) is 4. The van der Waals surface area contributed by atoms with Gasteiger partial charge in [-0.05, 0) is 31.2 Å². The second-order valence-corrected chi connectivity index (χ2v) is 7.57. The van der Waals surface area contributed by atoms with Gasteiger partial charge in [-0.2, -0.15) is 0 Å². The van der Waals surface area contributed by atoms with Crippen LogP contribution in [0.25, 0.3) is 0 Å². The van der Waals surface area contributed by atoms with Gasteiger partial charge in [0.2, 0.25) is 5.91 Å².